The number of rotatable bonds is 4. The number of nitrogens with one attached hydrogen (secondary N) is 1. The molecule has 0 radical (unpaired) electrons. The number of hydrogen-bond donors (Lipinski definition) is 2. The Hall–Kier alpha value is -0.530. The van der Waals surface area contributed by atoms with Crippen LogP contribution in [0.5, 0.6) is 0 Å². The molecule has 0 amide bonds. The van der Waals surface area contributed by atoms with Crippen molar-refractivity contribution >= 4 is 39.1 Å². The molecule has 1 fully saturated rings. The summed E-state index contributed by atoms with van der Waals surface area (Å²) in [6, 6.07) is 4.43. The van der Waals surface area contributed by atoms with E-state index in [0.717, 1.165) is 19.3 Å². The highest BCUT2D eigenvalue weighted by Crippen LogP contribution is 2.25. The summed E-state index contributed by atoms with van der Waals surface area (Å²) in [6.45, 7) is 0.794. The molecule has 2 rings (SSSR count). The smallest absolute Gasteiger partial charge is 0.301 e. The summed E-state index contributed by atoms with van der Waals surface area (Å²) in [4.78, 5) is 0. The van der Waals surface area contributed by atoms with Gasteiger partial charge in [0.05, 0.1) is 5.69 Å². The van der Waals surface area contributed by atoms with E-state index in [4.69, 9.17) is 28.9 Å². The summed E-state index contributed by atoms with van der Waals surface area (Å²) in [5.41, 5.74) is 6.01. The lowest BCUT2D eigenvalue weighted by atomic mass is 10.1. The molecule has 0 aliphatic carbocycles. The van der Waals surface area contributed by atoms with Gasteiger partial charge in [0.2, 0.25) is 0 Å². The molecule has 112 valence electrons. The summed E-state index contributed by atoms with van der Waals surface area (Å²) in [6.07, 6.45) is 2.62. The topological polar surface area (TPSA) is 75.4 Å². The molecule has 1 aromatic rings. The fourth-order valence-corrected chi connectivity index (χ4v) is 4.36. The first kappa shape index (κ1) is 15.9. The van der Waals surface area contributed by atoms with Gasteiger partial charge in [-0.1, -0.05) is 29.6 Å². The summed E-state index contributed by atoms with van der Waals surface area (Å²) in [5, 5.41) is 0.758. The molecule has 1 saturated heterocycles. The maximum absolute atomic E-state index is 12.4. The highest BCUT2D eigenvalue weighted by molar-refractivity contribution is 7.90. The van der Waals surface area contributed by atoms with Gasteiger partial charge in [0.15, 0.2) is 0 Å². The second kappa shape index (κ2) is 6.49. The Kier molecular flexibility index (Phi) is 5.14. The quantitative estimate of drug-likeness (QED) is 0.885. The SMILES string of the molecule is NCC1CCCCN1S(=O)(=O)Nc1cc(Cl)cc(Cl)c1. The minimum absolute atomic E-state index is 0.157. The lowest BCUT2D eigenvalue weighted by Crippen LogP contribution is -2.49. The van der Waals surface area contributed by atoms with Crippen LogP contribution in [0.1, 0.15) is 19.3 Å². The van der Waals surface area contributed by atoms with Crippen LogP contribution in [0.25, 0.3) is 0 Å². The Morgan fingerprint density at radius 3 is 2.50 bits per heavy atom. The normalized spacial score (nSPS) is 20.9. The number of nitrogens with zero attached hydrogens (tertiary/aromatic N) is 1. The van der Waals surface area contributed by atoms with E-state index < -0.39 is 10.2 Å². The van der Waals surface area contributed by atoms with Crippen LogP contribution in [0.3, 0.4) is 0 Å². The number of nitrogens with two attached hydrogens (primary N) is 1. The van der Waals surface area contributed by atoms with Crippen molar-refractivity contribution in [2.75, 3.05) is 17.8 Å². The number of benzene rings is 1. The molecular formula is C12H17Cl2N3O2S. The molecule has 0 spiro atoms. The highest BCUT2D eigenvalue weighted by Gasteiger charge is 2.31. The van der Waals surface area contributed by atoms with Gasteiger partial charge in [0, 0.05) is 29.2 Å². The molecule has 20 heavy (non-hydrogen) atoms. The van der Waals surface area contributed by atoms with E-state index in [1.54, 1.807) is 6.07 Å². The van der Waals surface area contributed by atoms with Crippen molar-refractivity contribution in [2.24, 2.45) is 5.73 Å². The molecule has 1 aliphatic heterocycles. The van der Waals surface area contributed by atoms with Gasteiger partial charge in [-0.2, -0.15) is 12.7 Å². The average molecular weight is 338 g/mol. The van der Waals surface area contributed by atoms with E-state index in [-0.39, 0.29) is 6.04 Å². The van der Waals surface area contributed by atoms with Crippen molar-refractivity contribution in [1.82, 2.24) is 4.31 Å². The first-order chi connectivity index (χ1) is 9.42. The molecule has 1 heterocycles. The molecule has 3 N–H and O–H groups in total. The van der Waals surface area contributed by atoms with Crippen LogP contribution in [-0.2, 0) is 10.2 Å². The van der Waals surface area contributed by atoms with Gasteiger partial charge in [-0.15, -0.1) is 0 Å². The number of anilines is 1. The lowest BCUT2D eigenvalue weighted by molar-refractivity contribution is 0.259. The minimum Gasteiger partial charge on any atom is -0.329 e. The minimum atomic E-state index is -3.65. The molecular weight excluding hydrogens is 321 g/mol. The van der Waals surface area contributed by atoms with E-state index in [1.165, 1.54) is 16.4 Å². The average Bonchev–Trinajstić information content (AvgIpc) is 2.36. The zero-order valence-corrected chi connectivity index (χ0v) is 13.2. The van der Waals surface area contributed by atoms with Gasteiger partial charge in [-0.05, 0) is 31.0 Å². The second-order valence-corrected chi connectivity index (χ2v) is 7.26. The van der Waals surface area contributed by atoms with Crippen molar-refractivity contribution in [3.63, 3.8) is 0 Å². The fraction of sp³-hybridized carbons (Fsp3) is 0.500. The monoisotopic (exact) mass is 337 g/mol. The third-order valence-corrected chi connectivity index (χ3v) is 5.29. The van der Waals surface area contributed by atoms with Crippen molar-refractivity contribution in [2.45, 2.75) is 25.3 Å². The summed E-state index contributed by atoms with van der Waals surface area (Å²) in [7, 11) is -3.65. The fourth-order valence-electron chi connectivity index (χ4n) is 2.35. The molecule has 1 unspecified atom stereocenters. The van der Waals surface area contributed by atoms with Gasteiger partial charge in [-0.25, -0.2) is 0 Å². The summed E-state index contributed by atoms with van der Waals surface area (Å²) >= 11 is 11.7. The van der Waals surface area contributed by atoms with Crippen LogP contribution in [0.4, 0.5) is 5.69 Å². The van der Waals surface area contributed by atoms with Crippen LogP contribution in [0.2, 0.25) is 10.0 Å². The molecule has 1 aliphatic rings. The van der Waals surface area contributed by atoms with Crippen molar-refractivity contribution in [3.8, 4) is 0 Å². The van der Waals surface area contributed by atoms with Crippen LogP contribution in [0, 0.1) is 0 Å². The molecule has 5 nitrogen and oxygen atoms in total. The highest BCUT2D eigenvalue weighted by atomic mass is 35.5. The van der Waals surface area contributed by atoms with Crippen molar-refractivity contribution < 1.29 is 8.42 Å². The maximum atomic E-state index is 12.4. The first-order valence-electron chi connectivity index (χ1n) is 6.38. The largest absolute Gasteiger partial charge is 0.329 e. The maximum Gasteiger partial charge on any atom is 0.301 e. The Balaban J connectivity index is 2.21. The molecule has 0 saturated carbocycles. The van der Waals surface area contributed by atoms with Crippen LogP contribution < -0.4 is 10.5 Å². The van der Waals surface area contributed by atoms with Crippen molar-refractivity contribution in [1.29, 1.82) is 0 Å². The van der Waals surface area contributed by atoms with Gasteiger partial charge < -0.3 is 5.73 Å². The molecule has 1 aromatic carbocycles. The van der Waals surface area contributed by atoms with Gasteiger partial charge in [0.1, 0.15) is 0 Å². The molecule has 0 bridgehead atoms. The van der Waals surface area contributed by atoms with Gasteiger partial charge in [-0.3, -0.25) is 4.72 Å². The van der Waals surface area contributed by atoms with E-state index in [9.17, 15) is 8.42 Å². The predicted molar refractivity (Wildman–Crippen MR) is 82.4 cm³/mol. The molecule has 1 atom stereocenters. The van der Waals surface area contributed by atoms with Gasteiger partial charge in [0.25, 0.3) is 0 Å². The van der Waals surface area contributed by atoms with Crippen LogP contribution in [0.15, 0.2) is 18.2 Å². The van der Waals surface area contributed by atoms with E-state index in [0.29, 0.717) is 28.8 Å². The van der Waals surface area contributed by atoms with E-state index in [1.807, 2.05) is 0 Å². The number of piperidine rings is 1. The Bertz CT molecular complexity index is 560. The predicted octanol–water partition coefficient (Wildman–Crippen LogP) is 2.46. The molecule has 0 aromatic heterocycles. The zero-order chi connectivity index (χ0) is 14.8. The number of halogens is 2. The van der Waals surface area contributed by atoms with Crippen LogP contribution >= 0.6 is 23.2 Å². The molecule has 8 heteroatoms. The summed E-state index contributed by atoms with van der Waals surface area (Å²) in [5.74, 6) is 0. The van der Waals surface area contributed by atoms with Crippen molar-refractivity contribution in [3.05, 3.63) is 28.2 Å². The van der Waals surface area contributed by atoms with Crippen LogP contribution in [-0.4, -0.2) is 31.9 Å². The lowest BCUT2D eigenvalue weighted by Gasteiger charge is -2.33. The third kappa shape index (κ3) is 3.77. The Morgan fingerprint density at radius 1 is 1.25 bits per heavy atom. The Morgan fingerprint density at radius 2 is 1.90 bits per heavy atom. The second-order valence-electron chi connectivity index (χ2n) is 4.76. The Labute approximate surface area is 129 Å². The van der Waals surface area contributed by atoms with Gasteiger partial charge >= 0.3 is 10.2 Å². The first-order valence-corrected chi connectivity index (χ1v) is 8.58. The van der Waals surface area contributed by atoms with E-state index >= 15 is 0 Å². The third-order valence-electron chi connectivity index (χ3n) is 3.26. The summed E-state index contributed by atoms with van der Waals surface area (Å²) < 4.78 is 28.8. The zero-order valence-electron chi connectivity index (χ0n) is 10.9. The number of hydrogen-bond acceptors (Lipinski definition) is 3. The van der Waals surface area contributed by atoms with E-state index in [2.05, 4.69) is 4.72 Å². The standard InChI is InChI=1S/C12H17Cl2N3O2S/c13-9-5-10(14)7-11(6-9)16-20(18,19)17-4-2-1-3-12(17)8-15/h5-7,12,16H,1-4,8,15H2.